The first-order chi connectivity index (χ1) is 11.2. The molecule has 2 aromatic rings. The summed E-state index contributed by atoms with van der Waals surface area (Å²) < 4.78 is 67.0. The smallest absolute Gasteiger partial charge is 0.305 e. The largest absolute Gasteiger partial charge is 0.481 e. The normalized spacial score (nSPS) is 10.7. The van der Waals surface area contributed by atoms with E-state index in [4.69, 9.17) is 5.11 Å². The first-order valence-corrected chi connectivity index (χ1v) is 6.29. The summed E-state index contributed by atoms with van der Waals surface area (Å²) in [6.07, 6.45) is 1.72. The zero-order valence-corrected chi connectivity index (χ0v) is 11.6. The van der Waals surface area contributed by atoms with Crippen LogP contribution in [0.1, 0.15) is 16.8 Å². The van der Waals surface area contributed by atoms with Gasteiger partial charge in [0.25, 0.3) is 5.91 Å². The number of carboxylic acid groups (broad SMARTS) is 1. The van der Waals surface area contributed by atoms with E-state index in [0.717, 1.165) is 17.1 Å². The van der Waals surface area contributed by atoms with E-state index < -0.39 is 46.6 Å². The van der Waals surface area contributed by atoms with Crippen LogP contribution in [0.3, 0.4) is 0 Å². The Morgan fingerprint density at radius 1 is 1.04 bits per heavy atom. The summed E-state index contributed by atoms with van der Waals surface area (Å²) >= 11 is 0. The number of carbonyl (C=O) groups is 2. The zero-order chi connectivity index (χ0) is 18.0. The number of benzene rings is 1. The van der Waals surface area contributed by atoms with E-state index in [0.29, 0.717) is 0 Å². The number of nitrogens with one attached hydrogen (secondary N) is 1. The predicted octanol–water partition coefficient (Wildman–Crippen LogP) is 2.31. The van der Waals surface area contributed by atoms with Crippen molar-refractivity contribution in [1.82, 2.24) is 9.78 Å². The van der Waals surface area contributed by atoms with Gasteiger partial charge in [-0.3, -0.25) is 14.3 Å². The van der Waals surface area contributed by atoms with E-state index in [1.807, 2.05) is 0 Å². The third-order valence-corrected chi connectivity index (χ3v) is 2.90. The third-order valence-electron chi connectivity index (χ3n) is 2.90. The third kappa shape index (κ3) is 3.34. The minimum Gasteiger partial charge on any atom is -0.481 e. The van der Waals surface area contributed by atoms with E-state index in [9.17, 15) is 31.5 Å². The molecule has 0 bridgehead atoms. The Morgan fingerprint density at radius 2 is 1.58 bits per heavy atom. The summed E-state index contributed by atoms with van der Waals surface area (Å²) in [5, 5.41) is 13.7. The van der Waals surface area contributed by atoms with Crippen molar-refractivity contribution < 1.29 is 36.6 Å². The van der Waals surface area contributed by atoms with Gasteiger partial charge >= 0.3 is 5.97 Å². The molecule has 0 spiro atoms. The highest BCUT2D eigenvalue weighted by atomic mass is 19.2. The van der Waals surface area contributed by atoms with Crippen LogP contribution in [0.25, 0.3) is 0 Å². The molecule has 6 nitrogen and oxygen atoms in total. The molecule has 0 unspecified atom stereocenters. The molecule has 0 aliphatic carbocycles. The number of aromatic nitrogens is 2. The number of carboxylic acids is 1. The average molecular weight is 349 g/mol. The second-order valence-electron chi connectivity index (χ2n) is 4.53. The first kappa shape index (κ1) is 17.4. The summed E-state index contributed by atoms with van der Waals surface area (Å²) in [4.78, 5) is 22.2. The van der Waals surface area contributed by atoms with Gasteiger partial charge in [0.2, 0.25) is 5.82 Å². The molecule has 1 aromatic carbocycles. The first-order valence-electron chi connectivity index (χ1n) is 6.29. The molecule has 1 heterocycles. The summed E-state index contributed by atoms with van der Waals surface area (Å²) in [6, 6.07) is 0. The van der Waals surface area contributed by atoms with Crippen molar-refractivity contribution >= 4 is 17.6 Å². The molecule has 128 valence electrons. The molecule has 0 aliphatic heterocycles. The molecule has 0 fully saturated rings. The van der Waals surface area contributed by atoms with Gasteiger partial charge < -0.3 is 10.4 Å². The highest BCUT2D eigenvalue weighted by Crippen LogP contribution is 2.27. The van der Waals surface area contributed by atoms with Gasteiger partial charge in [-0.2, -0.15) is 5.10 Å². The van der Waals surface area contributed by atoms with E-state index in [1.54, 1.807) is 5.32 Å². The number of hydrogen-bond acceptors (Lipinski definition) is 3. The lowest BCUT2D eigenvalue weighted by Crippen LogP contribution is -2.16. The second kappa shape index (κ2) is 6.64. The van der Waals surface area contributed by atoms with Gasteiger partial charge in [0.05, 0.1) is 24.7 Å². The predicted molar refractivity (Wildman–Crippen MR) is 68.7 cm³/mol. The number of aryl methyl sites for hydroxylation is 1. The molecule has 1 amide bonds. The molecule has 0 atom stereocenters. The van der Waals surface area contributed by atoms with Crippen LogP contribution >= 0.6 is 0 Å². The Bertz CT molecular complexity index is 792. The Hall–Kier alpha value is -2.98. The van der Waals surface area contributed by atoms with Crippen molar-refractivity contribution in [3.05, 3.63) is 47.0 Å². The second-order valence-corrected chi connectivity index (χ2v) is 4.53. The Balaban J connectivity index is 2.23. The van der Waals surface area contributed by atoms with Crippen LogP contribution in [-0.2, 0) is 11.3 Å². The molecule has 2 N–H and O–H groups in total. The Kier molecular flexibility index (Phi) is 4.81. The topological polar surface area (TPSA) is 84.2 Å². The van der Waals surface area contributed by atoms with Crippen molar-refractivity contribution in [2.45, 2.75) is 13.0 Å². The molecule has 24 heavy (non-hydrogen) atoms. The fourth-order valence-electron chi connectivity index (χ4n) is 1.71. The molecule has 0 saturated carbocycles. The molecule has 11 heteroatoms. The maximum Gasteiger partial charge on any atom is 0.305 e. The van der Waals surface area contributed by atoms with Crippen molar-refractivity contribution in [3.8, 4) is 0 Å². The SMILES string of the molecule is O=C(O)CCn1cc(C(=O)Nc2c(F)c(F)c(F)c(F)c2F)cn1. The van der Waals surface area contributed by atoms with Gasteiger partial charge in [0.15, 0.2) is 23.3 Å². The number of nitrogens with zero attached hydrogens (tertiary/aromatic N) is 2. The van der Waals surface area contributed by atoms with Gasteiger partial charge in [0.1, 0.15) is 5.69 Å². The fourth-order valence-corrected chi connectivity index (χ4v) is 1.71. The zero-order valence-electron chi connectivity index (χ0n) is 11.6. The van der Waals surface area contributed by atoms with Gasteiger partial charge in [0, 0.05) is 6.20 Å². The van der Waals surface area contributed by atoms with Crippen LogP contribution in [0.2, 0.25) is 0 Å². The van der Waals surface area contributed by atoms with E-state index >= 15 is 0 Å². The molecular formula is C13H8F5N3O3. The van der Waals surface area contributed by atoms with Gasteiger partial charge in [-0.15, -0.1) is 0 Å². The minimum atomic E-state index is -2.34. The lowest BCUT2D eigenvalue weighted by atomic mass is 10.2. The number of rotatable bonds is 5. The molecule has 0 saturated heterocycles. The molecule has 0 radical (unpaired) electrons. The monoisotopic (exact) mass is 349 g/mol. The van der Waals surface area contributed by atoms with E-state index in [1.165, 1.54) is 0 Å². The lowest BCUT2D eigenvalue weighted by Gasteiger charge is -2.08. The van der Waals surface area contributed by atoms with Crippen LogP contribution in [-0.4, -0.2) is 26.8 Å². The van der Waals surface area contributed by atoms with Gasteiger partial charge in [-0.05, 0) is 0 Å². The number of aliphatic carboxylic acids is 1. The van der Waals surface area contributed by atoms with Crippen LogP contribution in [0.15, 0.2) is 12.4 Å². The lowest BCUT2D eigenvalue weighted by molar-refractivity contribution is -0.137. The summed E-state index contributed by atoms with van der Waals surface area (Å²) in [7, 11) is 0. The Labute approximate surface area is 130 Å². The van der Waals surface area contributed by atoms with Gasteiger partial charge in [-0.1, -0.05) is 0 Å². The number of carbonyl (C=O) groups excluding carboxylic acids is 1. The van der Waals surface area contributed by atoms with Gasteiger partial charge in [-0.25, -0.2) is 22.0 Å². The summed E-state index contributed by atoms with van der Waals surface area (Å²) in [5.74, 6) is -13.4. The van der Waals surface area contributed by atoms with Crippen LogP contribution in [0.4, 0.5) is 27.6 Å². The fraction of sp³-hybridized carbons (Fsp3) is 0.154. The molecule has 0 aliphatic rings. The van der Waals surface area contributed by atoms with Crippen LogP contribution < -0.4 is 5.32 Å². The molecular weight excluding hydrogens is 341 g/mol. The maximum absolute atomic E-state index is 13.5. The quantitative estimate of drug-likeness (QED) is 0.493. The van der Waals surface area contributed by atoms with Crippen molar-refractivity contribution in [2.75, 3.05) is 5.32 Å². The number of anilines is 1. The van der Waals surface area contributed by atoms with E-state index in [2.05, 4.69) is 5.10 Å². The maximum atomic E-state index is 13.5. The molecule has 2 rings (SSSR count). The highest BCUT2D eigenvalue weighted by Gasteiger charge is 2.27. The number of amides is 1. The Morgan fingerprint density at radius 3 is 2.12 bits per heavy atom. The standard InChI is InChI=1S/C13H8F5N3O3/c14-7-8(15)10(17)12(11(18)9(7)16)20-13(24)5-3-19-21(4-5)2-1-6(22)23/h3-4H,1-2H2,(H,20,24)(H,22,23). The van der Waals surface area contributed by atoms with Crippen molar-refractivity contribution in [3.63, 3.8) is 0 Å². The number of halogens is 5. The highest BCUT2D eigenvalue weighted by molar-refractivity contribution is 6.04. The summed E-state index contributed by atoms with van der Waals surface area (Å²) in [6.45, 7) is -0.0782. The minimum absolute atomic E-state index is 0.0782. The van der Waals surface area contributed by atoms with E-state index in [-0.39, 0.29) is 18.5 Å². The number of hydrogen-bond donors (Lipinski definition) is 2. The molecule has 1 aromatic heterocycles. The summed E-state index contributed by atoms with van der Waals surface area (Å²) in [5.41, 5.74) is -1.75. The average Bonchev–Trinajstić information content (AvgIpc) is 3.02. The van der Waals surface area contributed by atoms with Crippen LogP contribution in [0, 0.1) is 29.1 Å². The van der Waals surface area contributed by atoms with Crippen molar-refractivity contribution in [1.29, 1.82) is 0 Å². The van der Waals surface area contributed by atoms with Crippen LogP contribution in [0.5, 0.6) is 0 Å². The van der Waals surface area contributed by atoms with Crippen molar-refractivity contribution in [2.24, 2.45) is 0 Å².